The number of aryl methyl sites for hydroxylation is 2. The predicted molar refractivity (Wildman–Crippen MR) is 77.7 cm³/mol. The summed E-state index contributed by atoms with van der Waals surface area (Å²) in [5.41, 5.74) is 4.22. The molecule has 1 nitrogen and oxygen atoms in total. The fourth-order valence-corrected chi connectivity index (χ4v) is 3.56. The van der Waals surface area contributed by atoms with Crippen LogP contribution in [0, 0.1) is 19.8 Å². The van der Waals surface area contributed by atoms with Crippen LogP contribution in [-0.4, -0.2) is 18.1 Å². The lowest BCUT2D eigenvalue weighted by Gasteiger charge is -2.21. The van der Waals surface area contributed by atoms with Crippen LogP contribution < -0.4 is 5.32 Å². The maximum Gasteiger partial charge on any atom is 0.0208 e. The summed E-state index contributed by atoms with van der Waals surface area (Å²) < 4.78 is 0. The van der Waals surface area contributed by atoms with Gasteiger partial charge in [-0.15, -0.1) is 0 Å². The topological polar surface area (TPSA) is 12.0 Å². The Balaban J connectivity index is 1.79. The highest BCUT2D eigenvalue weighted by molar-refractivity contribution is 7.99. The Kier molecular flexibility index (Phi) is 4.93. The third kappa shape index (κ3) is 4.04. The van der Waals surface area contributed by atoms with E-state index < -0.39 is 0 Å². The minimum atomic E-state index is 0.904. The Hall–Kier alpha value is -0.470. The van der Waals surface area contributed by atoms with E-state index in [1.165, 1.54) is 47.6 Å². The zero-order valence-electron chi connectivity index (χ0n) is 11.0. The van der Waals surface area contributed by atoms with Gasteiger partial charge in [-0.3, -0.25) is 0 Å². The number of nitrogens with one attached hydrogen (secondary N) is 1. The Bertz CT molecular complexity index is 356. The second-order valence-corrected chi connectivity index (χ2v) is 6.34. The average molecular weight is 249 g/mol. The number of hydrogen-bond donors (Lipinski definition) is 1. The number of thioether (sulfide) groups is 1. The van der Waals surface area contributed by atoms with Gasteiger partial charge in [0.05, 0.1) is 0 Å². The molecule has 0 radical (unpaired) electrons. The van der Waals surface area contributed by atoms with Crippen molar-refractivity contribution in [3.8, 4) is 0 Å². The molecule has 1 fully saturated rings. The molecule has 1 saturated heterocycles. The van der Waals surface area contributed by atoms with Crippen LogP contribution in [0.3, 0.4) is 0 Å². The van der Waals surface area contributed by atoms with Gasteiger partial charge in [-0.2, -0.15) is 11.8 Å². The first-order valence-electron chi connectivity index (χ1n) is 6.60. The first-order chi connectivity index (χ1) is 8.25. The van der Waals surface area contributed by atoms with Gasteiger partial charge in [0.15, 0.2) is 0 Å². The van der Waals surface area contributed by atoms with E-state index in [9.17, 15) is 0 Å². The fraction of sp³-hybridized carbons (Fsp3) is 0.600. The van der Waals surface area contributed by atoms with Gasteiger partial charge in [-0.05, 0) is 61.8 Å². The summed E-state index contributed by atoms with van der Waals surface area (Å²) >= 11 is 2.11. The third-order valence-electron chi connectivity index (χ3n) is 3.59. The summed E-state index contributed by atoms with van der Waals surface area (Å²) in [4.78, 5) is 0. The van der Waals surface area contributed by atoms with Crippen molar-refractivity contribution in [1.82, 2.24) is 5.32 Å². The number of rotatable bonds is 4. The van der Waals surface area contributed by atoms with E-state index in [4.69, 9.17) is 0 Å². The van der Waals surface area contributed by atoms with Crippen LogP contribution in [-0.2, 0) is 6.54 Å². The predicted octanol–water partition coefficient (Wildman–Crippen LogP) is 3.54. The highest BCUT2D eigenvalue weighted by Gasteiger charge is 2.12. The van der Waals surface area contributed by atoms with E-state index in [0.717, 1.165) is 12.5 Å². The van der Waals surface area contributed by atoms with E-state index >= 15 is 0 Å². The zero-order chi connectivity index (χ0) is 12.1. The van der Waals surface area contributed by atoms with Crippen molar-refractivity contribution in [2.24, 2.45) is 5.92 Å². The fourth-order valence-electron chi connectivity index (χ4n) is 2.35. The Morgan fingerprint density at radius 3 is 2.76 bits per heavy atom. The summed E-state index contributed by atoms with van der Waals surface area (Å²) in [5, 5.41) is 3.63. The molecule has 1 aliphatic rings. The van der Waals surface area contributed by atoms with Crippen LogP contribution in [0.4, 0.5) is 0 Å². The van der Waals surface area contributed by atoms with Crippen molar-refractivity contribution < 1.29 is 0 Å². The van der Waals surface area contributed by atoms with Crippen molar-refractivity contribution in [2.45, 2.75) is 33.2 Å². The first-order valence-corrected chi connectivity index (χ1v) is 7.76. The minimum Gasteiger partial charge on any atom is -0.312 e. The maximum absolute atomic E-state index is 3.63. The van der Waals surface area contributed by atoms with Crippen LogP contribution in [0.2, 0.25) is 0 Å². The highest BCUT2D eigenvalue weighted by atomic mass is 32.2. The number of benzene rings is 1. The third-order valence-corrected chi connectivity index (χ3v) is 4.64. The van der Waals surface area contributed by atoms with Crippen molar-refractivity contribution in [1.29, 1.82) is 0 Å². The molecule has 0 aliphatic carbocycles. The Morgan fingerprint density at radius 2 is 2.00 bits per heavy atom. The molecule has 0 amide bonds. The van der Waals surface area contributed by atoms with Crippen LogP contribution in [0.5, 0.6) is 0 Å². The van der Waals surface area contributed by atoms with Gasteiger partial charge in [-0.1, -0.05) is 23.8 Å². The summed E-state index contributed by atoms with van der Waals surface area (Å²) in [6, 6.07) is 6.72. The summed E-state index contributed by atoms with van der Waals surface area (Å²) in [6.07, 6.45) is 2.79. The molecule has 1 aromatic rings. The Morgan fingerprint density at radius 1 is 1.24 bits per heavy atom. The molecule has 1 aliphatic heterocycles. The van der Waals surface area contributed by atoms with E-state index in [0.29, 0.717) is 0 Å². The smallest absolute Gasteiger partial charge is 0.0208 e. The molecular formula is C15H23NS. The molecule has 1 heterocycles. The minimum absolute atomic E-state index is 0.904. The molecule has 0 bridgehead atoms. The monoisotopic (exact) mass is 249 g/mol. The van der Waals surface area contributed by atoms with Gasteiger partial charge >= 0.3 is 0 Å². The van der Waals surface area contributed by atoms with Crippen molar-refractivity contribution in [3.05, 3.63) is 34.9 Å². The SMILES string of the molecule is Cc1ccc(C)c(CNCC2CCSCC2)c1. The standard InChI is InChI=1S/C15H23NS/c1-12-3-4-13(2)15(9-12)11-16-10-14-5-7-17-8-6-14/h3-4,9,14,16H,5-8,10-11H2,1-2H3. The lowest BCUT2D eigenvalue weighted by molar-refractivity contribution is 0.447. The van der Waals surface area contributed by atoms with Crippen LogP contribution in [0.1, 0.15) is 29.5 Å². The van der Waals surface area contributed by atoms with Gasteiger partial charge < -0.3 is 5.32 Å². The molecule has 2 heteroatoms. The molecular weight excluding hydrogens is 226 g/mol. The molecule has 1 aromatic carbocycles. The molecule has 0 atom stereocenters. The van der Waals surface area contributed by atoms with Crippen molar-refractivity contribution in [3.63, 3.8) is 0 Å². The largest absolute Gasteiger partial charge is 0.312 e. The second-order valence-electron chi connectivity index (χ2n) is 5.12. The van der Waals surface area contributed by atoms with Crippen molar-refractivity contribution >= 4 is 11.8 Å². The van der Waals surface area contributed by atoms with E-state index in [1.807, 2.05) is 0 Å². The maximum atomic E-state index is 3.63. The first kappa shape index (κ1) is 13.0. The average Bonchev–Trinajstić information content (AvgIpc) is 2.35. The van der Waals surface area contributed by atoms with E-state index in [1.54, 1.807) is 0 Å². The quantitative estimate of drug-likeness (QED) is 0.876. The summed E-state index contributed by atoms with van der Waals surface area (Å²) in [7, 11) is 0. The van der Waals surface area contributed by atoms with Gasteiger partial charge in [0.1, 0.15) is 0 Å². The molecule has 0 unspecified atom stereocenters. The molecule has 94 valence electrons. The molecule has 0 saturated carbocycles. The van der Waals surface area contributed by atoms with Gasteiger partial charge in [0, 0.05) is 6.54 Å². The van der Waals surface area contributed by atoms with E-state index in [-0.39, 0.29) is 0 Å². The molecule has 0 aromatic heterocycles. The second kappa shape index (κ2) is 6.46. The molecule has 17 heavy (non-hydrogen) atoms. The lowest BCUT2D eigenvalue weighted by Crippen LogP contribution is -2.25. The van der Waals surface area contributed by atoms with Crippen LogP contribution in [0.25, 0.3) is 0 Å². The molecule has 0 spiro atoms. The molecule has 2 rings (SSSR count). The van der Waals surface area contributed by atoms with Crippen LogP contribution >= 0.6 is 11.8 Å². The van der Waals surface area contributed by atoms with Crippen molar-refractivity contribution in [2.75, 3.05) is 18.1 Å². The van der Waals surface area contributed by atoms with Gasteiger partial charge in [-0.25, -0.2) is 0 Å². The van der Waals surface area contributed by atoms with Gasteiger partial charge in [0.25, 0.3) is 0 Å². The number of hydrogen-bond acceptors (Lipinski definition) is 2. The normalized spacial score (nSPS) is 17.3. The molecule has 1 N–H and O–H groups in total. The lowest BCUT2D eigenvalue weighted by atomic mass is 10.0. The highest BCUT2D eigenvalue weighted by Crippen LogP contribution is 2.22. The Labute approximate surface area is 109 Å². The zero-order valence-corrected chi connectivity index (χ0v) is 11.8. The summed E-state index contributed by atoms with van der Waals surface area (Å²) in [5.74, 6) is 3.62. The van der Waals surface area contributed by atoms with Crippen LogP contribution in [0.15, 0.2) is 18.2 Å². The summed E-state index contributed by atoms with van der Waals surface area (Å²) in [6.45, 7) is 6.58. The van der Waals surface area contributed by atoms with Gasteiger partial charge in [0.2, 0.25) is 0 Å². The van der Waals surface area contributed by atoms with E-state index in [2.05, 4.69) is 49.1 Å².